The molecule has 0 saturated heterocycles. The number of hydrogen-bond donors (Lipinski definition) is 1. The first kappa shape index (κ1) is 23.6. The van der Waals surface area contributed by atoms with E-state index in [-0.39, 0.29) is 9.80 Å². The number of aryl methyl sites for hydroxylation is 1. The van der Waals surface area contributed by atoms with Crippen molar-refractivity contribution in [1.82, 2.24) is 0 Å². The predicted octanol–water partition coefficient (Wildman–Crippen LogP) is 5.51. The van der Waals surface area contributed by atoms with E-state index in [1.165, 1.54) is 17.0 Å². The molecular weight excluding hydrogens is 450 g/mol. The summed E-state index contributed by atoms with van der Waals surface area (Å²) in [6.45, 7) is 4.48. The van der Waals surface area contributed by atoms with Gasteiger partial charge in [0.1, 0.15) is 16.7 Å². The Morgan fingerprint density at radius 3 is 2.41 bits per heavy atom. The lowest BCUT2D eigenvalue weighted by Gasteiger charge is -2.27. The van der Waals surface area contributed by atoms with Gasteiger partial charge in [0, 0.05) is 5.69 Å². The molecule has 1 unspecified atom stereocenters. The SMILES string of the molecule is CCCCOc1cccc(C2C(S(=O)(=O)c3ccccc3)=C(O)C(=O)N2c2cccc(C)c2)c1. The van der Waals surface area contributed by atoms with Crippen molar-refractivity contribution in [3.05, 3.63) is 101 Å². The summed E-state index contributed by atoms with van der Waals surface area (Å²) in [6.07, 6.45) is 1.86. The standard InChI is InChI=1S/C27H27NO5S/c1-3-4-16-33-22-13-9-11-20(18-22)24-26(34(31,32)23-14-6-5-7-15-23)25(29)27(30)28(24)21-12-8-10-19(2)17-21/h5-15,17-18,24,29H,3-4,16H2,1-2H3. The van der Waals surface area contributed by atoms with Crippen molar-refractivity contribution in [2.24, 2.45) is 0 Å². The second-order valence-corrected chi connectivity index (χ2v) is 10.1. The van der Waals surface area contributed by atoms with Crippen LogP contribution in [0.15, 0.2) is 94.4 Å². The van der Waals surface area contributed by atoms with Crippen LogP contribution in [0.25, 0.3) is 0 Å². The van der Waals surface area contributed by atoms with Crippen LogP contribution in [0.3, 0.4) is 0 Å². The normalized spacial score (nSPS) is 16.2. The van der Waals surface area contributed by atoms with Gasteiger partial charge in [-0.05, 0) is 60.9 Å². The van der Waals surface area contributed by atoms with Gasteiger partial charge < -0.3 is 9.84 Å². The van der Waals surface area contributed by atoms with Gasteiger partial charge in [0.25, 0.3) is 5.91 Å². The Morgan fingerprint density at radius 2 is 1.71 bits per heavy atom. The van der Waals surface area contributed by atoms with Gasteiger partial charge in [0.2, 0.25) is 9.84 Å². The van der Waals surface area contributed by atoms with E-state index >= 15 is 0 Å². The molecule has 6 nitrogen and oxygen atoms in total. The lowest BCUT2D eigenvalue weighted by atomic mass is 10.0. The van der Waals surface area contributed by atoms with Gasteiger partial charge >= 0.3 is 0 Å². The van der Waals surface area contributed by atoms with Crippen molar-refractivity contribution in [2.75, 3.05) is 11.5 Å². The molecule has 3 aromatic rings. The fourth-order valence-electron chi connectivity index (χ4n) is 4.04. The number of aliphatic hydroxyl groups excluding tert-OH is 1. The predicted molar refractivity (Wildman–Crippen MR) is 132 cm³/mol. The molecule has 1 atom stereocenters. The van der Waals surface area contributed by atoms with E-state index in [4.69, 9.17) is 4.74 Å². The highest BCUT2D eigenvalue weighted by molar-refractivity contribution is 7.95. The Morgan fingerprint density at radius 1 is 0.971 bits per heavy atom. The number of aliphatic hydroxyl groups is 1. The lowest BCUT2D eigenvalue weighted by Crippen LogP contribution is -2.31. The molecule has 1 amide bonds. The number of carbonyl (C=O) groups is 1. The van der Waals surface area contributed by atoms with Gasteiger partial charge in [-0.2, -0.15) is 0 Å². The molecule has 1 aliphatic rings. The number of ether oxygens (including phenoxy) is 1. The Balaban J connectivity index is 1.88. The molecular formula is C27H27NO5S. The van der Waals surface area contributed by atoms with Crippen LogP contribution in [0.4, 0.5) is 5.69 Å². The van der Waals surface area contributed by atoms with Crippen LogP contribution in [0.5, 0.6) is 5.75 Å². The summed E-state index contributed by atoms with van der Waals surface area (Å²) < 4.78 is 33.2. The number of unbranched alkanes of at least 4 members (excludes halogenated alkanes) is 1. The second-order valence-electron chi connectivity index (χ2n) is 8.22. The third kappa shape index (κ3) is 4.43. The van der Waals surface area contributed by atoms with Gasteiger partial charge in [-0.1, -0.05) is 55.8 Å². The van der Waals surface area contributed by atoms with Crippen molar-refractivity contribution >= 4 is 21.4 Å². The molecule has 0 aliphatic carbocycles. The van der Waals surface area contributed by atoms with Crippen molar-refractivity contribution in [2.45, 2.75) is 37.6 Å². The van der Waals surface area contributed by atoms with Crippen molar-refractivity contribution in [3.63, 3.8) is 0 Å². The van der Waals surface area contributed by atoms with E-state index in [9.17, 15) is 18.3 Å². The Labute approximate surface area is 200 Å². The molecule has 0 bridgehead atoms. The molecule has 0 aromatic heterocycles. The molecule has 34 heavy (non-hydrogen) atoms. The highest BCUT2D eigenvalue weighted by Gasteiger charge is 2.47. The second kappa shape index (κ2) is 9.73. The van der Waals surface area contributed by atoms with E-state index in [0.29, 0.717) is 23.6 Å². The van der Waals surface area contributed by atoms with Gasteiger partial charge in [0.15, 0.2) is 5.76 Å². The number of carbonyl (C=O) groups excluding carboxylic acids is 1. The molecule has 0 radical (unpaired) electrons. The Bertz CT molecular complexity index is 1330. The topological polar surface area (TPSA) is 83.9 Å². The van der Waals surface area contributed by atoms with E-state index in [0.717, 1.165) is 18.4 Å². The molecule has 1 aliphatic heterocycles. The van der Waals surface area contributed by atoms with E-state index < -0.39 is 27.5 Å². The molecule has 0 saturated carbocycles. The number of anilines is 1. The van der Waals surface area contributed by atoms with Crippen LogP contribution in [0, 0.1) is 6.92 Å². The average Bonchev–Trinajstić information content (AvgIpc) is 3.11. The van der Waals surface area contributed by atoms with Crippen LogP contribution in [0.1, 0.15) is 36.9 Å². The van der Waals surface area contributed by atoms with Gasteiger partial charge in [-0.25, -0.2) is 8.42 Å². The Kier molecular flexibility index (Phi) is 6.75. The van der Waals surface area contributed by atoms with E-state index in [1.807, 2.05) is 13.0 Å². The summed E-state index contributed by atoms with van der Waals surface area (Å²) in [5, 5.41) is 10.9. The molecule has 1 N–H and O–H groups in total. The van der Waals surface area contributed by atoms with Crippen LogP contribution in [-0.2, 0) is 14.6 Å². The smallest absolute Gasteiger partial charge is 0.295 e. The monoisotopic (exact) mass is 477 g/mol. The summed E-state index contributed by atoms with van der Waals surface area (Å²) in [5.41, 5.74) is 1.93. The van der Waals surface area contributed by atoms with E-state index in [1.54, 1.807) is 60.7 Å². The first-order chi connectivity index (χ1) is 16.3. The number of nitrogens with zero attached hydrogens (tertiary/aromatic N) is 1. The fourth-order valence-corrected chi connectivity index (χ4v) is 5.68. The first-order valence-electron chi connectivity index (χ1n) is 11.2. The molecule has 7 heteroatoms. The molecule has 4 rings (SSSR count). The number of hydrogen-bond acceptors (Lipinski definition) is 5. The highest BCUT2D eigenvalue weighted by atomic mass is 32.2. The first-order valence-corrected chi connectivity index (χ1v) is 12.7. The number of sulfone groups is 1. The zero-order valence-electron chi connectivity index (χ0n) is 19.1. The molecule has 176 valence electrons. The zero-order chi connectivity index (χ0) is 24.3. The lowest BCUT2D eigenvalue weighted by molar-refractivity contribution is -0.117. The van der Waals surface area contributed by atoms with Gasteiger partial charge in [0.05, 0.1) is 11.5 Å². The minimum Gasteiger partial charge on any atom is -0.502 e. The molecule has 1 heterocycles. The molecule has 0 spiro atoms. The average molecular weight is 478 g/mol. The van der Waals surface area contributed by atoms with Gasteiger partial charge in [-0.15, -0.1) is 0 Å². The highest BCUT2D eigenvalue weighted by Crippen LogP contribution is 2.45. The Hall–Kier alpha value is -3.58. The summed E-state index contributed by atoms with van der Waals surface area (Å²) in [7, 11) is -4.18. The maximum Gasteiger partial charge on any atom is 0.295 e. The number of benzene rings is 3. The maximum atomic E-state index is 13.7. The van der Waals surface area contributed by atoms with Crippen LogP contribution in [-0.4, -0.2) is 26.0 Å². The van der Waals surface area contributed by atoms with Crippen LogP contribution >= 0.6 is 0 Å². The van der Waals surface area contributed by atoms with Crippen LogP contribution in [0.2, 0.25) is 0 Å². The maximum absolute atomic E-state index is 13.7. The minimum absolute atomic E-state index is 0.00999. The van der Waals surface area contributed by atoms with Crippen molar-refractivity contribution in [1.29, 1.82) is 0 Å². The summed E-state index contributed by atoms with van der Waals surface area (Å²) in [4.78, 5) is 14.3. The number of amides is 1. The van der Waals surface area contributed by atoms with Gasteiger partial charge in [-0.3, -0.25) is 9.69 Å². The van der Waals surface area contributed by atoms with Crippen LogP contribution < -0.4 is 9.64 Å². The zero-order valence-corrected chi connectivity index (χ0v) is 20.0. The number of rotatable bonds is 8. The quantitative estimate of drug-likeness (QED) is 0.433. The van der Waals surface area contributed by atoms with E-state index in [2.05, 4.69) is 6.92 Å². The third-order valence-corrected chi connectivity index (χ3v) is 7.61. The summed E-state index contributed by atoms with van der Waals surface area (Å²) in [6, 6.07) is 21.0. The van der Waals surface area contributed by atoms with Crippen molar-refractivity contribution < 1.29 is 23.1 Å². The van der Waals surface area contributed by atoms with Crippen molar-refractivity contribution in [3.8, 4) is 5.75 Å². The molecule has 3 aromatic carbocycles. The minimum atomic E-state index is -4.18. The molecule has 0 fully saturated rings. The largest absolute Gasteiger partial charge is 0.502 e. The third-order valence-electron chi connectivity index (χ3n) is 5.72. The fraction of sp³-hybridized carbons (Fsp3) is 0.222. The summed E-state index contributed by atoms with van der Waals surface area (Å²) in [5.74, 6) is -0.958. The summed E-state index contributed by atoms with van der Waals surface area (Å²) >= 11 is 0.